The molecule has 0 spiro atoms. The molecule has 1 unspecified atom stereocenters. The van der Waals surface area contributed by atoms with Gasteiger partial charge in [-0.05, 0) is 49.9 Å². The first-order chi connectivity index (χ1) is 15.5. The monoisotopic (exact) mass is 439 g/mol. The first-order valence-corrected chi connectivity index (χ1v) is 11.3. The topological polar surface area (TPSA) is 89.7 Å². The molecular weight excluding hydrogens is 410 g/mol. The van der Waals surface area contributed by atoms with E-state index in [1.807, 2.05) is 33.7 Å². The minimum atomic E-state index is -0.319. The first-order valence-electron chi connectivity index (χ1n) is 11.3. The van der Waals surface area contributed by atoms with Gasteiger partial charge in [0.2, 0.25) is 11.8 Å². The van der Waals surface area contributed by atoms with Gasteiger partial charge in [0, 0.05) is 50.7 Å². The minimum absolute atomic E-state index is 0.0228. The number of carbonyl (C=O) groups excluding carboxylic acids is 2. The second kappa shape index (κ2) is 8.11. The molecule has 1 aromatic heterocycles. The van der Waals surface area contributed by atoms with Gasteiger partial charge in [0.1, 0.15) is 11.6 Å². The fourth-order valence-corrected chi connectivity index (χ4v) is 4.95. The highest BCUT2D eigenvalue weighted by Crippen LogP contribution is 2.38. The zero-order chi connectivity index (χ0) is 22.4. The quantitative estimate of drug-likeness (QED) is 0.707. The average Bonchev–Trinajstić information content (AvgIpc) is 3.51. The smallest absolute Gasteiger partial charge is 0.345 e. The Hall–Kier alpha value is -3.10. The van der Waals surface area contributed by atoms with E-state index in [2.05, 4.69) is 5.10 Å². The number of amides is 2. The Labute approximate surface area is 186 Å². The van der Waals surface area contributed by atoms with Crippen molar-refractivity contribution in [1.82, 2.24) is 19.2 Å². The van der Waals surface area contributed by atoms with Gasteiger partial charge in [-0.25, -0.2) is 9.48 Å². The predicted molar refractivity (Wildman–Crippen MR) is 118 cm³/mol. The lowest BCUT2D eigenvalue weighted by atomic mass is 9.94. The Kier molecular flexibility index (Phi) is 5.27. The van der Waals surface area contributed by atoms with E-state index in [4.69, 9.17) is 4.74 Å². The van der Waals surface area contributed by atoms with Crippen LogP contribution in [-0.2, 0) is 16.6 Å². The maximum absolute atomic E-state index is 13.2. The SMILES string of the molecule is COc1ccc(N2CC(C(=O)N3CCC(c4nn(C)c(=O)n4C4CC4)CC3)CC2=O)cc1. The number of aromatic nitrogens is 3. The molecule has 1 aromatic carbocycles. The van der Waals surface area contributed by atoms with Gasteiger partial charge in [-0.1, -0.05) is 0 Å². The Morgan fingerprint density at radius 1 is 1.06 bits per heavy atom. The van der Waals surface area contributed by atoms with Crippen molar-refractivity contribution in [2.75, 3.05) is 31.6 Å². The lowest BCUT2D eigenvalue weighted by molar-refractivity contribution is -0.136. The fraction of sp³-hybridized carbons (Fsp3) is 0.565. The summed E-state index contributed by atoms with van der Waals surface area (Å²) in [5, 5.41) is 4.51. The summed E-state index contributed by atoms with van der Waals surface area (Å²) in [6, 6.07) is 7.63. The zero-order valence-electron chi connectivity index (χ0n) is 18.6. The Morgan fingerprint density at radius 3 is 2.38 bits per heavy atom. The normalized spacial score (nSPS) is 21.9. The number of hydrogen-bond acceptors (Lipinski definition) is 5. The third-order valence-electron chi connectivity index (χ3n) is 6.92. The largest absolute Gasteiger partial charge is 0.497 e. The lowest BCUT2D eigenvalue weighted by Crippen LogP contribution is -2.42. The Balaban J connectivity index is 1.22. The van der Waals surface area contributed by atoms with E-state index >= 15 is 0 Å². The molecule has 0 bridgehead atoms. The molecule has 3 heterocycles. The predicted octanol–water partition coefficient (Wildman–Crippen LogP) is 1.68. The molecule has 32 heavy (non-hydrogen) atoms. The molecule has 5 rings (SSSR count). The zero-order valence-corrected chi connectivity index (χ0v) is 18.6. The highest BCUT2D eigenvalue weighted by Gasteiger charge is 2.39. The molecule has 2 amide bonds. The molecule has 9 nitrogen and oxygen atoms in total. The van der Waals surface area contributed by atoms with Crippen molar-refractivity contribution < 1.29 is 14.3 Å². The van der Waals surface area contributed by atoms with E-state index in [9.17, 15) is 14.4 Å². The van der Waals surface area contributed by atoms with E-state index in [-0.39, 0.29) is 35.8 Å². The highest BCUT2D eigenvalue weighted by molar-refractivity contribution is 6.00. The summed E-state index contributed by atoms with van der Waals surface area (Å²) >= 11 is 0. The molecule has 3 aliphatic rings. The molecule has 0 N–H and O–H groups in total. The molecule has 1 aliphatic carbocycles. The number of nitrogens with zero attached hydrogens (tertiary/aromatic N) is 5. The van der Waals surface area contributed by atoms with Crippen LogP contribution in [0.25, 0.3) is 0 Å². The maximum atomic E-state index is 13.2. The van der Waals surface area contributed by atoms with Crippen LogP contribution in [0.2, 0.25) is 0 Å². The average molecular weight is 440 g/mol. The number of likely N-dealkylation sites (tertiary alicyclic amines) is 1. The number of aryl methyl sites for hydroxylation is 1. The van der Waals surface area contributed by atoms with E-state index in [0.717, 1.165) is 42.9 Å². The summed E-state index contributed by atoms with van der Waals surface area (Å²) in [4.78, 5) is 41.8. The van der Waals surface area contributed by atoms with Gasteiger partial charge in [0.25, 0.3) is 0 Å². The van der Waals surface area contributed by atoms with Gasteiger partial charge >= 0.3 is 5.69 Å². The molecule has 2 aromatic rings. The Bertz CT molecular complexity index is 1080. The molecule has 2 saturated heterocycles. The van der Waals surface area contributed by atoms with Gasteiger partial charge < -0.3 is 14.5 Å². The lowest BCUT2D eigenvalue weighted by Gasteiger charge is -2.33. The molecule has 1 atom stereocenters. The first kappa shape index (κ1) is 20.8. The number of methoxy groups -OCH3 is 1. The van der Waals surface area contributed by atoms with Crippen LogP contribution < -0.4 is 15.3 Å². The highest BCUT2D eigenvalue weighted by atomic mass is 16.5. The van der Waals surface area contributed by atoms with Crippen LogP contribution >= 0.6 is 0 Å². The molecule has 170 valence electrons. The van der Waals surface area contributed by atoms with Crippen molar-refractivity contribution in [3.05, 3.63) is 40.6 Å². The molecule has 0 radical (unpaired) electrons. The van der Waals surface area contributed by atoms with E-state index < -0.39 is 0 Å². The van der Waals surface area contributed by atoms with Crippen LogP contribution in [0, 0.1) is 5.92 Å². The standard InChI is InChI=1S/C23H29N5O4/c1-25-23(31)28(18-3-4-18)21(24-25)15-9-11-26(12-10-15)22(30)16-13-20(29)27(14-16)17-5-7-19(32-2)8-6-17/h5-8,15-16,18H,3-4,9-14H2,1-2H3. The van der Waals surface area contributed by atoms with Gasteiger partial charge in [-0.15, -0.1) is 0 Å². The van der Waals surface area contributed by atoms with E-state index in [1.54, 1.807) is 19.1 Å². The van der Waals surface area contributed by atoms with Crippen molar-refractivity contribution >= 4 is 17.5 Å². The number of anilines is 1. The third-order valence-corrected chi connectivity index (χ3v) is 6.92. The summed E-state index contributed by atoms with van der Waals surface area (Å²) in [7, 11) is 3.31. The van der Waals surface area contributed by atoms with Gasteiger partial charge in [0.15, 0.2) is 0 Å². The van der Waals surface area contributed by atoms with E-state index in [1.165, 1.54) is 4.68 Å². The number of benzene rings is 1. The van der Waals surface area contributed by atoms with Gasteiger partial charge in [-0.2, -0.15) is 5.10 Å². The van der Waals surface area contributed by atoms with Crippen LogP contribution in [-0.4, -0.2) is 57.8 Å². The van der Waals surface area contributed by atoms with Crippen molar-refractivity contribution in [3.8, 4) is 5.75 Å². The number of carbonyl (C=O) groups is 2. The van der Waals surface area contributed by atoms with Crippen LogP contribution in [0.5, 0.6) is 5.75 Å². The summed E-state index contributed by atoms with van der Waals surface area (Å²) in [5.74, 6) is 1.50. The van der Waals surface area contributed by atoms with Crippen LogP contribution in [0.3, 0.4) is 0 Å². The fourth-order valence-electron chi connectivity index (χ4n) is 4.95. The molecular formula is C23H29N5O4. The molecule has 3 fully saturated rings. The van der Waals surface area contributed by atoms with Crippen LogP contribution in [0.4, 0.5) is 5.69 Å². The van der Waals surface area contributed by atoms with Crippen LogP contribution in [0.1, 0.15) is 49.9 Å². The van der Waals surface area contributed by atoms with E-state index in [0.29, 0.717) is 25.7 Å². The molecule has 1 saturated carbocycles. The number of hydrogen-bond donors (Lipinski definition) is 0. The number of ether oxygens (including phenoxy) is 1. The summed E-state index contributed by atoms with van der Waals surface area (Å²) < 4.78 is 8.48. The number of rotatable bonds is 5. The van der Waals surface area contributed by atoms with Crippen LogP contribution in [0.15, 0.2) is 29.1 Å². The van der Waals surface area contributed by atoms with Crippen molar-refractivity contribution in [2.24, 2.45) is 13.0 Å². The summed E-state index contributed by atoms with van der Waals surface area (Å²) in [6.45, 7) is 1.67. The minimum Gasteiger partial charge on any atom is -0.497 e. The van der Waals surface area contributed by atoms with Crippen molar-refractivity contribution in [1.29, 1.82) is 0 Å². The maximum Gasteiger partial charge on any atom is 0.345 e. The third kappa shape index (κ3) is 3.69. The summed E-state index contributed by atoms with van der Waals surface area (Å²) in [6.07, 6.45) is 3.90. The van der Waals surface area contributed by atoms with Gasteiger partial charge in [0.05, 0.1) is 13.0 Å². The second-order valence-corrected chi connectivity index (χ2v) is 9.07. The summed E-state index contributed by atoms with van der Waals surface area (Å²) in [5.41, 5.74) is 0.752. The second-order valence-electron chi connectivity index (χ2n) is 9.07. The molecule has 9 heteroatoms. The molecule has 2 aliphatic heterocycles. The number of piperidine rings is 1. The van der Waals surface area contributed by atoms with Crippen molar-refractivity contribution in [3.63, 3.8) is 0 Å². The van der Waals surface area contributed by atoms with Crippen molar-refractivity contribution in [2.45, 2.75) is 44.1 Å². The van der Waals surface area contributed by atoms with Gasteiger partial charge in [-0.3, -0.25) is 14.2 Å². The Morgan fingerprint density at radius 2 is 1.75 bits per heavy atom.